The predicted molar refractivity (Wildman–Crippen MR) is 34.6 cm³/mol. The molecule has 2 rings (SSSR count). The second-order valence-corrected chi connectivity index (χ2v) is 3.41. The largest absolute Gasteiger partial charge is 0.0651 e. The standard InChI is InChI=1S/C8H14/c1-2-6-3-4-7-5-8(6)7/h6-8H,2-5H2,1H3/t6-,7+,8-/m1/s1. The van der Waals surface area contributed by atoms with Crippen LogP contribution < -0.4 is 0 Å². The van der Waals surface area contributed by atoms with Gasteiger partial charge < -0.3 is 0 Å². The maximum absolute atomic E-state index is 2.34. The van der Waals surface area contributed by atoms with Crippen LogP contribution in [0.5, 0.6) is 0 Å². The Balaban J connectivity index is 1.97. The highest BCUT2D eigenvalue weighted by atomic mass is 14.5. The van der Waals surface area contributed by atoms with Gasteiger partial charge in [0.05, 0.1) is 0 Å². The first kappa shape index (κ1) is 4.84. The molecule has 0 amide bonds. The summed E-state index contributed by atoms with van der Waals surface area (Å²) >= 11 is 0. The van der Waals surface area contributed by atoms with Crippen LogP contribution in [0.1, 0.15) is 32.6 Å². The first-order valence-electron chi connectivity index (χ1n) is 3.92. The molecule has 0 aromatic carbocycles. The van der Waals surface area contributed by atoms with Crippen LogP contribution in [0.3, 0.4) is 0 Å². The van der Waals surface area contributed by atoms with Gasteiger partial charge in [-0.05, 0) is 37.0 Å². The van der Waals surface area contributed by atoms with E-state index in [2.05, 4.69) is 6.92 Å². The molecule has 8 heavy (non-hydrogen) atoms. The monoisotopic (exact) mass is 110 g/mol. The van der Waals surface area contributed by atoms with E-state index in [1.165, 1.54) is 18.3 Å². The van der Waals surface area contributed by atoms with E-state index in [4.69, 9.17) is 0 Å². The van der Waals surface area contributed by atoms with Crippen molar-refractivity contribution >= 4 is 0 Å². The van der Waals surface area contributed by atoms with Crippen molar-refractivity contribution in [2.45, 2.75) is 32.6 Å². The molecule has 0 heteroatoms. The Kier molecular flexibility index (Phi) is 0.902. The van der Waals surface area contributed by atoms with Gasteiger partial charge in [-0.1, -0.05) is 13.3 Å². The van der Waals surface area contributed by atoms with Crippen molar-refractivity contribution in [3.63, 3.8) is 0 Å². The van der Waals surface area contributed by atoms with Gasteiger partial charge in [-0.2, -0.15) is 0 Å². The van der Waals surface area contributed by atoms with Gasteiger partial charge in [0.25, 0.3) is 0 Å². The Morgan fingerprint density at radius 3 is 2.50 bits per heavy atom. The lowest BCUT2D eigenvalue weighted by atomic mass is 10.0. The molecule has 0 nitrogen and oxygen atoms in total. The molecule has 2 fully saturated rings. The Morgan fingerprint density at radius 1 is 1.38 bits per heavy atom. The Labute approximate surface area is 51.3 Å². The summed E-state index contributed by atoms with van der Waals surface area (Å²) in [6, 6.07) is 0. The molecule has 0 aromatic heterocycles. The van der Waals surface area contributed by atoms with Crippen molar-refractivity contribution in [3.8, 4) is 0 Å². The minimum atomic E-state index is 1.14. The van der Waals surface area contributed by atoms with Crippen molar-refractivity contribution in [2.75, 3.05) is 0 Å². The lowest BCUT2D eigenvalue weighted by Crippen LogP contribution is -1.94. The highest BCUT2D eigenvalue weighted by molar-refractivity contribution is 4.96. The number of fused-ring (bicyclic) bond motifs is 1. The molecule has 0 saturated heterocycles. The molecule has 2 saturated carbocycles. The molecule has 46 valence electrons. The van der Waals surface area contributed by atoms with Crippen LogP contribution in [0.2, 0.25) is 0 Å². The number of rotatable bonds is 1. The van der Waals surface area contributed by atoms with Crippen molar-refractivity contribution < 1.29 is 0 Å². The fourth-order valence-corrected chi connectivity index (χ4v) is 2.33. The molecule has 0 spiro atoms. The second-order valence-electron chi connectivity index (χ2n) is 3.41. The fraction of sp³-hybridized carbons (Fsp3) is 1.00. The van der Waals surface area contributed by atoms with Gasteiger partial charge in [0, 0.05) is 0 Å². The zero-order valence-corrected chi connectivity index (χ0v) is 5.56. The summed E-state index contributed by atoms with van der Waals surface area (Å²) in [6.07, 6.45) is 6.13. The second kappa shape index (κ2) is 1.49. The van der Waals surface area contributed by atoms with Gasteiger partial charge in [0.1, 0.15) is 0 Å². The SMILES string of the molecule is CC[C@@H]1CC[C@H]2C[C@H]12. The van der Waals surface area contributed by atoms with Gasteiger partial charge in [0.15, 0.2) is 0 Å². The van der Waals surface area contributed by atoms with Gasteiger partial charge in [-0.3, -0.25) is 0 Å². The highest BCUT2D eigenvalue weighted by Gasteiger charge is 2.46. The van der Waals surface area contributed by atoms with E-state index in [9.17, 15) is 0 Å². The zero-order valence-electron chi connectivity index (χ0n) is 5.56. The Bertz CT molecular complexity index is 96.2. The first-order chi connectivity index (χ1) is 3.92. The summed E-state index contributed by atoms with van der Waals surface area (Å²) in [7, 11) is 0. The van der Waals surface area contributed by atoms with Crippen LogP contribution in [-0.4, -0.2) is 0 Å². The third-order valence-electron chi connectivity index (χ3n) is 3.02. The minimum absolute atomic E-state index is 1.14. The molecule has 0 N–H and O–H groups in total. The van der Waals surface area contributed by atoms with E-state index in [-0.39, 0.29) is 0 Å². The molecule has 0 bridgehead atoms. The van der Waals surface area contributed by atoms with E-state index in [0.717, 1.165) is 5.92 Å². The van der Waals surface area contributed by atoms with Crippen LogP contribution in [0.4, 0.5) is 0 Å². The van der Waals surface area contributed by atoms with E-state index >= 15 is 0 Å². The maximum Gasteiger partial charge on any atom is -0.0355 e. The van der Waals surface area contributed by atoms with Crippen LogP contribution in [0.15, 0.2) is 0 Å². The molecule has 2 aliphatic carbocycles. The first-order valence-corrected chi connectivity index (χ1v) is 3.92. The average Bonchev–Trinajstić information content (AvgIpc) is 2.46. The lowest BCUT2D eigenvalue weighted by molar-refractivity contribution is 0.465. The van der Waals surface area contributed by atoms with Crippen molar-refractivity contribution in [3.05, 3.63) is 0 Å². The Hall–Kier alpha value is 0. The van der Waals surface area contributed by atoms with E-state index in [1.807, 2.05) is 0 Å². The van der Waals surface area contributed by atoms with Gasteiger partial charge >= 0.3 is 0 Å². The van der Waals surface area contributed by atoms with E-state index < -0.39 is 0 Å². The average molecular weight is 110 g/mol. The van der Waals surface area contributed by atoms with Gasteiger partial charge in [0.2, 0.25) is 0 Å². The highest BCUT2D eigenvalue weighted by Crippen LogP contribution is 2.56. The molecule has 2 aliphatic rings. The quantitative estimate of drug-likeness (QED) is 0.486. The van der Waals surface area contributed by atoms with Crippen molar-refractivity contribution in [2.24, 2.45) is 17.8 Å². The molecule has 0 radical (unpaired) electrons. The predicted octanol–water partition coefficient (Wildman–Crippen LogP) is 2.44. The number of hydrogen-bond donors (Lipinski definition) is 0. The normalized spacial score (nSPS) is 51.4. The van der Waals surface area contributed by atoms with Gasteiger partial charge in [-0.25, -0.2) is 0 Å². The summed E-state index contributed by atoms with van der Waals surface area (Å²) in [5.74, 6) is 3.53. The smallest absolute Gasteiger partial charge is 0.0355 e. The van der Waals surface area contributed by atoms with E-state index in [0.29, 0.717) is 0 Å². The molecule has 0 aromatic rings. The van der Waals surface area contributed by atoms with Crippen LogP contribution in [-0.2, 0) is 0 Å². The fourth-order valence-electron chi connectivity index (χ4n) is 2.33. The van der Waals surface area contributed by atoms with Crippen LogP contribution in [0, 0.1) is 17.8 Å². The van der Waals surface area contributed by atoms with E-state index in [1.54, 1.807) is 19.3 Å². The van der Waals surface area contributed by atoms with Crippen molar-refractivity contribution in [1.82, 2.24) is 0 Å². The molecule has 0 aliphatic heterocycles. The summed E-state index contributed by atoms with van der Waals surface area (Å²) in [6.45, 7) is 2.34. The Morgan fingerprint density at radius 2 is 2.25 bits per heavy atom. The number of hydrogen-bond acceptors (Lipinski definition) is 0. The summed E-state index contributed by atoms with van der Waals surface area (Å²) in [5, 5.41) is 0. The molecular formula is C8H14. The third-order valence-corrected chi connectivity index (χ3v) is 3.02. The van der Waals surface area contributed by atoms with Crippen LogP contribution in [0.25, 0.3) is 0 Å². The van der Waals surface area contributed by atoms with Crippen LogP contribution >= 0.6 is 0 Å². The summed E-state index contributed by atoms with van der Waals surface area (Å²) in [5.41, 5.74) is 0. The lowest BCUT2D eigenvalue weighted by Gasteiger charge is -2.04. The molecular weight excluding hydrogens is 96.1 g/mol. The summed E-state index contributed by atoms with van der Waals surface area (Å²) in [4.78, 5) is 0. The topological polar surface area (TPSA) is 0 Å². The zero-order chi connectivity index (χ0) is 5.56. The maximum atomic E-state index is 2.34. The molecule has 0 heterocycles. The van der Waals surface area contributed by atoms with Gasteiger partial charge in [-0.15, -0.1) is 0 Å². The molecule has 0 unspecified atom stereocenters. The minimum Gasteiger partial charge on any atom is -0.0651 e. The molecule has 3 atom stereocenters. The van der Waals surface area contributed by atoms with Crippen molar-refractivity contribution in [1.29, 1.82) is 0 Å². The summed E-state index contributed by atoms with van der Waals surface area (Å²) < 4.78 is 0. The third kappa shape index (κ3) is 0.519.